The van der Waals surface area contributed by atoms with Crippen LogP contribution in [0.5, 0.6) is 0 Å². The second kappa shape index (κ2) is 5.18. The molecule has 0 aliphatic rings. The summed E-state index contributed by atoms with van der Waals surface area (Å²) in [6, 6.07) is 7.50. The van der Waals surface area contributed by atoms with Crippen molar-refractivity contribution >= 4 is 23.0 Å². The number of aromatic nitrogens is 2. The monoisotopic (exact) mass is 241 g/mol. The molecule has 92 valence electrons. The number of hydrogen-bond donors (Lipinski definition) is 3. The van der Waals surface area contributed by atoms with Crippen LogP contribution in [0.1, 0.15) is 5.56 Å². The van der Waals surface area contributed by atoms with Gasteiger partial charge in [-0.3, -0.25) is 0 Å². The lowest BCUT2D eigenvalue weighted by molar-refractivity contribution is 1.13. The number of nitrogen functional groups attached to an aromatic ring is 1. The maximum Gasteiger partial charge on any atom is 0.138 e. The van der Waals surface area contributed by atoms with Crippen LogP contribution in [0.4, 0.5) is 23.0 Å². The Hall–Kier alpha value is -2.56. The first-order chi connectivity index (χ1) is 8.70. The number of benzene rings is 1. The summed E-state index contributed by atoms with van der Waals surface area (Å²) in [6.45, 7) is 5.54. The van der Waals surface area contributed by atoms with Gasteiger partial charge >= 0.3 is 0 Å². The first kappa shape index (κ1) is 11.9. The molecular weight excluding hydrogens is 226 g/mol. The van der Waals surface area contributed by atoms with Crippen molar-refractivity contribution in [3.05, 3.63) is 48.9 Å². The number of nitrogens with one attached hydrogen (secondary N) is 2. The van der Waals surface area contributed by atoms with E-state index < -0.39 is 0 Å². The highest BCUT2D eigenvalue weighted by atomic mass is 15.1. The molecule has 0 saturated heterocycles. The lowest BCUT2D eigenvalue weighted by Gasteiger charge is -2.11. The summed E-state index contributed by atoms with van der Waals surface area (Å²) in [5.41, 5.74) is 8.24. The number of nitrogens with zero attached hydrogens (tertiary/aromatic N) is 2. The molecular formula is C13H15N5. The van der Waals surface area contributed by atoms with E-state index in [0.717, 1.165) is 22.9 Å². The molecule has 2 aromatic rings. The highest BCUT2D eigenvalue weighted by molar-refractivity contribution is 5.66. The van der Waals surface area contributed by atoms with Crippen LogP contribution >= 0.6 is 0 Å². The summed E-state index contributed by atoms with van der Waals surface area (Å²) in [7, 11) is 0. The third kappa shape index (κ3) is 2.57. The lowest BCUT2D eigenvalue weighted by Crippen LogP contribution is -2.02. The van der Waals surface area contributed by atoms with Gasteiger partial charge < -0.3 is 16.4 Å². The number of rotatable bonds is 4. The van der Waals surface area contributed by atoms with Crippen molar-refractivity contribution < 1.29 is 0 Å². The van der Waals surface area contributed by atoms with E-state index >= 15 is 0 Å². The highest BCUT2D eigenvalue weighted by Gasteiger charge is 2.06. The van der Waals surface area contributed by atoms with Gasteiger partial charge in [0.15, 0.2) is 0 Å². The molecule has 0 fully saturated rings. The maximum atomic E-state index is 5.73. The molecule has 0 unspecified atom stereocenters. The quantitative estimate of drug-likeness (QED) is 0.717. The maximum absolute atomic E-state index is 5.73. The molecule has 0 aliphatic carbocycles. The Balaban J connectivity index is 2.29. The van der Waals surface area contributed by atoms with E-state index in [0.29, 0.717) is 5.69 Å². The van der Waals surface area contributed by atoms with Crippen LogP contribution in [0.25, 0.3) is 0 Å². The SMILES string of the molecule is C=CNc1ncnc(Nc2cccc(N)c2)c1C. The average molecular weight is 241 g/mol. The molecule has 5 heteroatoms. The Morgan fingerprint density at radius 1 is 1.28 bits per heavy atom. The zero-order valence-electron chi connectivity index (χ0n) is 10.1. The normalized spacial score (nSPS) is 9.83. The third-order valence-corrected chi connectivity index (χ3v) is 2.47. The minimum Gasteiger partial charge on any atom is -0.399 e. The van der Waals surface area contributed by atoms with Crippen LogP contribution in [-0.2, 0) is 0 Å². The van der Waals surface area contributed by atoms with Crippen LogP contribution in [0.3, 0.4) is 0 Å². The van der Waals surface area contributed by atoms with Crippen molar-refractivity contribution in [2.24, 2.45) is 0 Å². The van der Waals surface area contributed by atoms with Gasteiger partial charge in [-0.1, -0.05) is 12.6 Å². The third-order valence-electron chi connectivity index (χ3n) is 2.47. The van der Waals surface area contributed by atoms with Crippen molar-refractivity contribution in [2.75, 3.05) is 16.4 Å². The second-order valence-corrected chi connectivity index (χ2v) is 3.79. The molecule has 18 heavy (non-hydrogen) atoms. The van der Waals surface area contributed by atoms with Crippen molar-refractivity contribution in [1.82, 2.24) is 9.97 Å². The molecule has 2 rings (SSSR count). The van der Waals surface area contributed by atoms with E-state index in [4.69, 9.17) is 5.73 Å². The lowest BCUT2D eigenvalue weighted by atomic mass is 10.2. The zero-order chi connectivity index (χ0) is 13.0. The van der Waals surface area contributed by atoms with Gasteiger partial charge in [0.25, 0.3) is 0 Å². The number of nitrogens with two attached hydrogens (primary N) is 1. The molecule has 5 nitrogen and oxygen atoms in total. The average Bonchev–Trinajstić information content (AvgIpc) is 2.35. The molecule has 0 bridgehead atoms. The number of anilines is 4. The van der Waals surface area contributed by atoms with Gasteiger partial charge in [-0.05, 0) is 31.3 Å². The summed E-state index contributed by atoms with van der Waals surface area (Å²) < 4.78 is 0. The van der Waals surface area contributed by atoms with Gasteiger partial charge in [0.2, 0.25) is 0 Å². The second-order valence-electron chi connectivity index (χ2n) is 3.79. The van der Waals surface area contributed by atoms with Gasteiger partial charge in [0, 0.05) is 16.9 Å². The van der Waals surface area contributed by atoms with Crippen LogP contribution in [-0.4, -0.2) is 9.97 Å². The van der Waals surface area contributed by atoms with Gasteiger partial charge in [0.05, 0.1) is 0 Å². The van der Waals surface area contributed by atoms with Crippen molar-refractivity contribution in [3.8, 4) is 0 Å². The Labute approximate surface area is 106 Å². The summed E-state index contributed by atoms with van der Waals surface area (Å²) in [6.07, 6.45) is 3.08. The van der Waals surface area contributed by atoms with E-state index in [9.17, 15) is 0 Å². The van der Waals surface area contributed by atoms with Gasteiger partial charge in [0.1, 0.15) is 18.0 Å². The van der Waals surface area contributed by atoms with Gasteiger partial charge in [-0.25, -0.2) is 9.97 Å². The molecule has 0 spiro atoms. The fourth-order valence-electron chi connectivity index (χ4n) is 1.57. The van der Waals surface area contributed by atoms with E-state index in [2.05, 4.69) is 27.2 Å². The standard InChI is InChI=1S/C13H15N5/c1-3-15-12-9(2)13(17-8-16-12)18-11-6-4-5-10(14)7-11/h3-8H,1,14H2,2H3,(H2,15,16,17,18). The highest BCUT2D eigenvalue weighted by Crippen LogP contribution is 2.23. The van der Waals surface area contributed by atoms with Gasteiger partial charge in [-0.15, -0.1) is 0 Å². The molecule has 0 saturated carbocycles. The molecule has 0 amide bonds. The van der Waals surface area contributed by atoms with Crippen LogP contribution in [0.15, 0.2) is 43.4 Å². The molecule has 0 radical (unpaired) electrons. The van der Waals surface area contributed by atoms with Crippen molar-refractivity contribution in [1.29, 1.82) is 0 Å². The fraction of sp³-hybridized carbons (Fsp3) is 0.0769. The Kier molecular flexibility index (Phi) is 3.43. The van der Waals surface area contributed by atoms with E-state index in [1.54, 1.807) is 6.20 Å². The Morgan fingerprint density at radius 2 is 2.06 bits per heavy atom. The summed E-state index contributed by atoms with van der Waals surface area (Å²) in [5, 5.41) is 6.17. The summed E-state index contributed by atoms with van der Waals surface area (Å²) >= 11 is 0. The molecule has 1 aromatic heterocycles. The van der Waals surface area contributed by atoms with E-state index in [1.807, 2.05) is 31.2 Å². The predicted octanol–water partition coefficient (Wildman–Crippen LogP) is 2.67. The van der Waals surface area contributed by atoms with Crippen molar-refractivity contribution in [2.45, 2.75) is 6.92 Å². The van der Waals surface area contributed by atoms with E-state index in [-0.39, 0.29) is 0 Å². The molecule has 0 atom stereocenters. The summed E-state index contributed by atoms with van der Waals surface area (Å²) in [5.74, 6) is 1.46. The minimum atomic E-state index is 0.705. The smallest absolute Gasteiger partial charge is 0.138 e. The Morgan fingerprint density at radius 3 is 2.78 bits per heavy atom. The fourth-order valence-corrected chi connectivity index (χ4v) is 1.57. The first-order valence-electron chi connectivity index (χ1n) is 5.52. The summed E-state index contributed by atoms with van der Waals surface area (Å²) in [4.78, 5) is 8.34. The molecule has 0 aliphatic heterocycles. The van der Waals surface area contributed by atoms with Crippen LogP contribution in [0, 0.1) is 6.92 Å². The van der Waals surface area contributed by atoms with Crippen LogP contribution < -0.4 is 16.4 Å². The van der Waals surface area contributed by atoms with Gasteiger partial charge in [-0.2, -0.15) is 0 Å². The molecule has 4 N–H and O–H groups in total. The van der Waals surface area contributed by atoms with Crippen LogP contribution in [0.2, 0.25) is 0 Å². The van der Waals surface area contributed by atoms with E-state index in [1.165, 1.54) is 6.33 Å². The first-order valence-corrected chi connectivity index (χ1v) is 5.52. The number of hydrogen-bond acceptors (Lipinski definition) is 5. The predicted molar refractivity (Wildman–Crippen MR) is 74.7 cm³/mol. The van der Waals surface area contributed by atoms with Crippen molar-refractivity contribution in [3.63, 3.8) is 0 Å². The largest absolute Gasteiger partial charge is 0.399 e. The molecule has 1 heterocycles. The Bertz CT molecular complexity index is 565. The molecule has 1 aromatic carbocycles. The zero-order valence-corrected chi connectivity index (χ0v) is 10.1. The topological polar surface area (TPSA) is 75.9 Å². The minimum absolute atomic E-state index is 0.705.